The number of ether oxygens (including phenoxy) is 1. The maximum atomic E-state index is 13.5. The van der Waals surface area contributed by atoms with Crippen molar-refractivity contribution < 1.29 is 14.3 Å². The van der Waals surface area contributed by atoms with Crippen molar-refractivity contribution in [3.05, 3.63) is 101 Å². The number of amides is 2. The van der Waals surface area contributed by atoms with E-state index in [1.807, 2.05) is 60.7 Å². The number of benzene rings is 3. The summed E-state index contributed by atoms with van der Waals surface area (Å²) in [4.78, 5) is 28.5. The lowest BCUT2D eigenvalue weighted by Crippen LogP contribution is -2.45. The fourth-order valence-electron chi connectivity index (χ4n) is 3.54. The number of nitrogens with one attached hydrogen (secondary N) is 1. The van der Waals surface area contributed by atoms with Gasteiger partial charge in [0.25, 0.3) is 5.91 Å². The van der Waals surface area contributed by atoms with Crippen molar-refractivity contribution in [2.75, 3.05) is 13.2 Å². The van der Waals surface area contributed by atoms with Gasteiger partial charge in [-0.15, -0.1) is 0 Å². The van der Waals surface area contributed by atoms with E-state index in [1.165, 1.54) is 0 Å². The average Bonchev–Trinajstić information content (AvgIpc) is 2.84. The number of hydrogen-bond acceptors (Lipinski definition) is 3. The molecule has 2 amide bonds. The Bertz CT molecular complexity index is 1040. The molecule has 0 aliphatic carbocycles. The number of para-hydroxylation sites is 1. The van der Waals surface area contributed by atoms with E-state index < -0.39 is 6.04 Å². The molecule has 0 saturated heterocycles. The van der Waals surface area contributed by atoms with E-state index in [4.69, 9.17) is 16.3 Å². The van der Waals surface area contributed by atoms with Crippen LogP contribution in [-0.2, 0) is 16.1 Å². The van der Waals surface area contributed by atoms with E-state index in [0.29, 0.717) is 23.2 Å². The Labute approximate surface area is 206 Å². The standard InChI is InChI=1S/C28H31ClN2O3/c1-21(2)17-18-30-28(33)27(23-9-5-3-6-10-23)31(19-22-13-15-24(29)16-14-22)26(32)20-34-25-11-7-4-8-12-25/h3-16,21,27H,17-20H2,1-2H3,(H,30,33). The minimum absolute atomic E-state index is 0.180. The molecule has 0 spiro atoms. The van der Waals surface area contributed by atoms with Crippen LogP contribution in [0.2, 0.25) is 5.02 Å². The Balaban J connectivity index is 1.89. The van der Waals surface area contributed by atoms with Crippen molar-refractivity contribution in [1.29, 1.82) is 0 Å². The second-order valence-electron chi connectivity index (χ2n) is 8.54. The number of halogens is 1. The lowest BCUT2D eigenvalue weighted by atomic mass is 10.0. The number of rotatable bonds is 11. The van der Waals surface area contributed by atoms with Gasteiger partial charge >= 0.3 is 0 Å². The molecule has 3 aromatic rings. The van der Waals surface area contributed by atoms with Gasteiger partial charge in [-0.1, -0.05) is 86.1 Å². The van der Waals surface area contributed by atoms with Crippen molar-refractivity contribution in [1.82, 2.24) is 10.2 Å². The molecule has 5 nitrogen and oxygen atoms in total. The van der Waals surface area contributed by atoms with E-state index in [1.54, 1.807) is 29.2 Å². The highest BCUT2D eigenvalue weighted by Crippen LogP contribution is 2.25. The van der Waals surface area contributed by atoms with E-state index in [0.717, 1.165) is 17.5 Å². The monoisotopic (exact) mass is 478 g/mol. The van der Waals surface area contributed by atoms with Gasteiger partial charge in [-0.25, -0.2) is 0 Å². The molecule has 0 fully saturated rings. The van der Waals surface area contributed by atoms with Crippen LogP contribution in [0.1, 0.15) is 37.4 Å². The third-order valence-corrected chi connectivity index (χ3v) is 5.64. The molecule has 3 aromatic carbocycles. The summed E-state index contributed by atoms with van der Waals surface area (Å²) in [6.07, 6.45) is 0.857. The number of nitrogens with zero attached hydrogens (tertiary/aromatic N) is 1. The van der Waals surface area contributed by atoms with Gasteiger partial charge in [-0.05, 0) is 47.7 Å². The van der Waals surface area contributed by atoms with Crippen LogP contribution in [0.4, 0.5) is 0 Å². The molecule has 178 valence electrons. The predicted molar refractivity (Wildman–Crippen MR) is 136 cm³/mol. The van der Waals surface area contributed by atoms with Gasteiger partial charge in [-0.3, -0.25) is 9.59 Å². The zero-order chi connectivity index (χ0) is 24.3. The first-order valence-corrected chi connectivity index (χ1v) is 11.9. The van der Waals surface area contributed by atoms with Gasteiger partial charge in [0, 0.05) is 18.1 Å². The zero-order valence-electron chi connectivity index (χ0n) is 19.6. The van der Waals surface area contributed by atoms with E-state index in [-0.39, 0.29) is 25.0 Å². The normalized spacial score (nSPS) is 11.6. The molecule has 34 heavy (non-hydrogen) atoms. The minimum Gasteiger partial charge on any atom is -0.484 e. The molecule has 1 N–H and O–H groups in total. The molecular formula is C28H31ClN2O3. The first-order valence-electron chi connectivity index (χ1n) is 11.5. The first kappa shape index (κ1) is 25.3. The SMILES string of the molecule is CC(C)CCNC(=O)C(c1ccccc1)N(Cc1ccc(Cl)cc1)C(=O)COc1ccccc1. The first-order chi connectivity index (χ1) is 16.4. The highest BCUT2D eigenvalue weighted by molar-refractivity contribution is 6.30. The second-order valence-corrected chi connectivity index (χ2v) is 8.97. The molecule has 0 heterocycles. The molecule has 0 bridgehead atoms. The molecule has 0 aliphatic rings. The topological polar surface area (TPSA) is 58.6 Å². The highest BCUT2D eigenvalue weighted by atomic mass is 35.5. The molecule has 1 atom stereocenters. The van der Waals surface area contributed by atoms with Gasteiger partial charge in [0.2, 0.25) is 5.91 Å². The Morgan fingerprint density at radius 1 is 0.912 bits per heavy atom. The summed E-state index contributed by atoms with van der Waals surface area (Å²) in [7, 11) is 0. The lowest BCUT2D eigenvalue weighted by Gasteiger charge is -2.31. The minimum atomic E-state index is -0.795. The zero-order valence-corrected chi connectivity index (χ0v) is 20.4. The van der Waals surface area contributed by atoms with Crippen molar-refractivity contribution >= 4 is 23.4 Å². The van der Waals surface area contributed by atoms with Crippen LogP contribution in [-0.4, -0.2) is 29.9 Å². The summed E-state index contributed by atoms with van der Waals surface area (Å²) in [6, 6.07) is 25.0. The van der Waals surface area contributed by atoms with Crippen LogP contribution < -0.4 is 10.1 Å². The largest absolute Gasteiger partial charge is 0.484 e. The highest BCUT2D eigenvalue weighted by Gasteiger charge is 2.31. The van der Waals surface area contributed by atoms with E-state index in [2.05, 4.69) is 19.2 Å². The van der Waals surface area contributed by atoms with E-state index >= 15 is 0 Å². The molecule has 0 saturated carbocycles. The van der Waals surface area contributed by atoms with Crippen LogP contribution in [0.3, 0.4) is 0 Å². The van der Waals surface area contributed by atoms with Crippen LogP contribution >= 0.6 is 11.6 Å². The fraction of sp³-hybridized carbons (Fsp3) is 0.286. The summed E-state index contributed by atoms with van der Waals surface area (Å²) in [5.74, 6) is 0.557. The Morgan fingerprint density at radius 3 is 2.15 bits per heavy atom. The molecule has 0 aliphatic heterocycles. The third kappa shape index (κ3) is 7.63. The van der Waals surface area contributed by atoms with Crippen LogP contribution in [0.25, 0.3) is 0 Å². The summed E-state index contributed by atoms with van der Waals surface area (Å²) in [6.45, 7) is 4.82. The molecule has 0 aromatic heterocycles. The molecule has 1 unspecified atom stereocenters. The van der Waals surface area contributed by atoms with Gasteiger partial charge in [0.1, 0.15) is 11.8 Å². The Kier molecular flexibility index (Phi) is 9.53. The average molecular weight is 479 g/mol. The van der Waals surface area contributed by atoms with Crippen molar-refractivity contribution in [2.24, 2.45) is 5.92 Å². The van der Waals surface area contributed by atoms with Crippen molar-refractivity contribution in [3.63, 3.8) is 0 Å². The summed E-state index contributed by atoms with van der Waals surface area (Å²) >= 11 is 6.06. The molecule has 6 heteroatoms. The van der Waals surface area contributed by atoms with Crippen LogP contribution in [0.15, 0.2) is 84.9 Å². The smallest absolute Gasteiger partial charge is 0.261 e. The summed E-state index contributed by atoms with van der Waals surface area (Å²) in [5.41, 5.74) is 1.61. The maximum absolute atomic E-state index is 13.5. The fourth-order valence-corrected chi connectivity index (χ4v) is 3.67. The van der Waals surface area contributed by atoms with Gasteiger partial charge in [0.05, 0.1) is 0 Å². The van der Waals surface area contributed by atoms with Gasteiger partial charge in [0.15, 0.2) is 6.61 Å². The lowest BCUT2D eigenvalue weighted by molar-refractivity contribution is -0.143. The Hall–Kier alpha value is -3.31. The van der Waals surface area contributed by atoms with E-state index in [9.17, 15) is 9.59 Å². The maximum Gasteiger partial charge on any atom is 0.261 e. The predicted octanol–water partition coefficient (Wildman–Crippen LogP) is 5.65. The van der Waals surface area contributed by atoms with Crippen molar-refractivity contribution in [3.8, 4) is 5.75 Å². The molecule has 3 rings (SSSR count). The number of carbonyl (C=O) groups is 2. The van der Waals surface area contributed by atoms with Gasteiger partial charge < -0.3 is 15.0 Å². The second kappa shape index (κ2) is 12.8. The number of hydrogen-bond donors (Lipinski definition) is 1. The van der Waals surface area contributed by atoms with Crippen LogP contribution in [0.5, 0.6) is 5.75 Å². The van der Waals surface area contributed by atoms with Crippen LogP contribution in [0, 0.1) is 5.92 Å². The number of carbonyl (C=O) groups excluding carboxylic acids is 2. The van der Waals surface area contributed by atoms with Gasteiger partial charge in [-0.2, -0.15) is 0 Å². The van der Waals surface area contributed by atoms with Crippen molar-refractivity contribution in [2.45, 2.75) is 32.9 Å². The quantitative estimate of drug-likeness (QED) is 0.387. The third-order valence-electron chi connectivity index (χ3n) is 5.39. The Morgan fingerprint density at radius 2 is 1.53 bits per heavy atom. The molecule has 0 radical (unpaired) electrons. The summed E-state index contributed by atoms with van der Waals surface area (Å²) in [5, 5.41) is 3.63. The molecular weight excluding hydrogens is 448 g/mol. The summed E-state index contributed by atoms with van der Waals surface area (Å²) < 4.78 is 5.74.